The first kappa shape index (κ1) is 16.1. The Kier molecular flexibility index (Phi) is 4.23. The lowest BCUT2D eigenvalue weighted by atomic mass is 9.88. The molecule has 2 aliphatic rings. The van der Waals surface area contributed by atoms with E-state index in [2.05, 4.69) is 10.0 Å². The van der Waals surface area contributed by atoms with E-state index in [0.29, 0.717) is 29.0 Å². The van der Waals surface area contributed by atoms with E-state index in [4.69, 9.17) is 4.74 Å². The number of rotatable bonds is 5. The quantitative estimate of drug-likeness (QED) is 0.863. The molecule has 0 aromatic heterocycles. The molecule has 0 aliphatic heterocycles. The fraction of sp³-hybridized carbons (Fsp3) is 0.562. The number of amides is 1. The first-order valence-electron chi connectivity index (χ1n) is 7.82. The maximum absolute atomic E-state index is 12.5. The van der Waals surface area contributed by atoms with E-state index >= 15 is 0 Å². The summed E-state index contributed by atoms with van der Waals surface area (Å²) in [5.41, 5.74) is 0.894. The number of hydrogen-bond acceptors (Lipinski definition) is 4. The number of carbonyl (C=O) groups excluding carboxylic acids is 1. The number of methoxy groups -OCH3 is 1. The van der Waals surface area contributed by atoms with Crippen LogP contribution in [0.5, 0.6) is 5.75 Å². The van der Waals surface area contributed by atoms with Crippen molar-refractivity contribution in [3.05, 3.63) is 18.2 Å². The van der Waals surface area contributed by atoms with E-state index in [0.717, 1.165) is 19.1 Å². The standard InChI is InChI=1S/C16H22N2O4S/c1-22-15-6-5-12(9-14(15)18-23(2,20)21)17-16(19)13-8-10-3-4-11(13)7-10/h5-6,9-11,13,18H,3-4,7-8H2,1-2H3,(H,17,19). The minimum Gasteiger partial charge on any atom is -0.495 e. The van der Waals surface area contributed by atoms with Crippen LogP contribution in [0.2, 0.25) is 0 Å². The fourth-order valence-corrected chi connectivity index (χ4v) is 4.43. The van der Waals surface area contributed by atoms with Gasteiger partial charge < -0.3 is 10.1 Å². The zero-order valence-corrected chi connectivity index (χ0v) is 14.2. The highest BCUT2D eigenvalue weighted by Gasteiger charge is 2.43. The summed E-state index contributed by atoms with van der Waals surface area (Å²) in [5.74, 6) is 1.74. The molecule has 2 saturated carbocycles. The lowest BCUT2D eigenvalue weighted by Crippen LogP contribution is -2.27. The van der Waals surface area contributed by atoms with Gasteiger partial charge in [0.05, 0.1) is 19.1 Å². The molecule has 2 bridgehead atoms. The molecule has 6 nitrogen and oxygen atoms in total. The van der Waals surface area contributed by atoms with Gasteiger partial charge in [-0.1, -0.05) is 6.42 Å². The molecular weight excluding hydrogens is 316 g/mol. The molecule has 3 atom stereocenters. The number of ether oxygens (including phenoxy) is 1. The van der Waals surface area contributed by atoms with Crippen LogP contribution in [0.3, 0.4) is 0 Å². The molecule has 3 rings (SSSR count). The van der Waals surface area contributed by atoms with E-state index in [1.807, 2.05) is 0 Å². The maximum atomic E-state index is 12.5. The molecule has 2 aliphatic carbocycles. The number of carbonyl (C=O) groups is 1. The molecule has 23 heavy (non-hydrogen) atoms. The van der Waals surface area contributed by atoms with Gasteiger partial charge in [-0.2, -0.15) is 0 Å². The van der Waals surface area contributed by atoms with Crippen LogP contribution in [0.4, 0.5) is 11.4 Å². The van der Waals surface area contributed by atoms with Crippen LogP contribution in [0, 0.1) is 17.8 Å². The summed E-state index contributed by atoms with van der Waals surface area (Å²) in [5, 5.41) is 2.92. The molecular formula is C16H22N2O4S. The third-order valence-electron chi connectivity index (χ3n) is 4.84. The third-order valence-corrected chi connectivity index (χ3v) is 5.43. The molecule has 2 fully saturated rings. The van der Waals surface area contributed by atoms with Crippen molar-refractivity contribution >= 4 is 27.3 Å². The second kappa shape index (κ2) is 6.03. The van der Waals surface area contributed by atoms with Crippen molar-refractivity contribution in [1.29, 1.82) is 0 Å². The van der Waals surface area contributed by atoms with Crippen molar-refractivity contribution in [3.8, 4) is 5.75 Å². The molecule has 0 heterocycles. The van der Waals surface area contributed by atoms with Crippen molar-refractivity contribution < 1.29 is 17.9 Å². The van der Waals surface area contributed by atoms with Crippen LogP contribution in [-0.2, 0) is 14.8 Å². The summed E-state index contributed by atoms with van der Waals surface area (Å²) in [4.78, 5) is 12.5. The Morgan fingerprint density at radius 2 is 2.04 bits per heavy atom. The molecule has 2 N–H and O–H groups in total. The van der Waals surface area contributed by atoms with Crippen molar-refractivity contribution in [2.75, 3.05) is 23.4 Å². The molecule has 7 heteroatoms. The third kappa shape index (κ3) is 3.60. The average molecular weight is 338 g/mol. The topological polar surface area (TPSA) is 84.5 Å². The zero-order chi connectivity index (χ0) is 16.6. The van der Waals surface area contributed by atoms with Gasteiger partial charge in [-0.25, -0.2) is 8.42 Å². The number of benzene rings is 1. The first-order chi connectivity index (χ1) is 10.9. The van der Waals surface area contributed by atoms with Gasteiger partial charge in [-0.15, -0.1) is 0 Å². The largest absolute Gasteiger partial charge is 0.495 e. The van der Waals surface area contributed by atoms with Gasteiger partial charge in [0.2, 0.25) is 15.9 Å². The summed E-state index contributed by atoms with van der Waals surface area (Å²) < 4.78 is 30.4. The smallest absolute Gasteiger partial charge is 0.229 e. The molecule has 1 amide bonds. The van der Waals surface area contributed by atoms with Crippen LogP contribution in [0.15, 0.2) is 18.2 Å². The number of hydrogen-bond donors (Lipinski definition) is 2. The molecule has 0 spiro atoms. The van der Waals surface area contributed by atoms with E-state index in [-0.39, 0.29) is 11.8 Å². The van der Waals surface area contributed by atoms with Crippen molar-refractivity contribution in [2.45, 2.75) is 25.7 Å². The normalized spacial score (nSPS) is 26.1. The molecule has 0 radical (unpaired) electrons. The Morgan fingerprint density at radius 3 is 2.61 bits per heavy atom. The average Bonchev–Trinajstić information content (AvgIpc) is 3.08. The van der Waals surface area contributed by atoms with Gasteiger partial charge in [-0.3, -0.25) is 9.52 Å². The Bertz CT molecular complexity index is 717. The maximum Gasteiger partial charge on any atom is 0.229 e. The van der Waals surface area contributed by atoms with Crippen LogP contribution >= 0.6 is 0 Å². The van der Waals surface area contributed by atoms with Crippen LogP contribution in [-0.4, -0.2) is 27.7 Å². The van der Waals surface area contributed by atoms with Crippen LogP contribution in [0.1, 0.15) is 25.7 Å². The zero-order valence-electron chi connectivity index (χ0n) is 13.3. The first-order valence-corrected chi connectivity index (χ1v) is 9.71. The second-order valence-electron chi connectivity index (χ2n) is 6.56. The number of sulfonamides is 1. The summed E-state index contributed by atoms with van der Waals surface area (Å²) in [6, 6.07) is 4.95. The van der Waals surface area contributed by atoms with E-state index < -0.39 is 10.0 Å². The van der Waals surface area contributed by atoms with Gasteiger partial charge in [-0.05, 0) is 49.3 Å². The van der Waals surface area contributed by atoms with Crippen molar-refractivity contribution in [2.24, 2.45) is 17.8 Å². The Morgan fingerprint density at radius 1 is 1.26 bits per heavy atom. The van der Waals surface area contributed by atoms with E-state index in [1.54, 1.807) is 18.2 Å². The van der Waals surface area contributed by atoms with Crippen LogP contribution in [0.25, 0.3) is 0 Å². The van der Waals surface area contributed by atoms with E-state index in [1.165, 1.54) is 20.0 Å². The lowest BCUT2D eigenvalue weighted by molar-refractivity contribution is -0.121. The lowest BCUT2D eigenvalue weighted by Gasteiger charge is -2.21. The minimum atomic E-state index is -3.42. The number of fused-ring (bicyclic) bond motifs is 2. The number of nitrogens with one attached hydrogen (secondary N) is 2. The number of anilines is 2. The summed E-state index contributed by atoms with van der Waals surface area (Å²) in [7, 11) is -1.95. The molecule has 0 saturated heterocycles. The SMILES string of the molecule is COc1ccc(NC(=O)C2CC3CCC2C3)cc1NS(C)(=O)=O. The molecule has 1 aromatic carbocycles. The van der Waals surface area contributed by atoms with Crippen molar-refractivity contribution in [3.63, 3.8) is 0 Å². The van der Waals surface area contributed by atoms with Gasteiger partial charge >= 0.3 is 0 Å². The molecule has 3 unspecified atom stereocenters. The Hall–Kier alpha value is -1.76. The van der Waals surface area contributed by atoms with Gasteiger partial charge in [0.15, 0.2) is 0 Å². The van der Waals surface area contributed by atoms with Gasteiger partial charge in [0.25, 0.3) is 0 Å². The van der Waals surface area contributed by atoms with Crippen molar-refractivity contribution in [1.82, 2.24) is 0 Å². The highest BCUT2D eigenvalue weighted by atomic mass is 32.2. The summed E-state index contributed by atoms with van der Waals surface area (Å²) >= 11 is 0. The predicted molar refractivity (Wildman–Crippen MR) is 89.0 cm³/mol. The van der Waals surface area contributed by atoms with Crippen LogP contribution < -0.4 is 14.8 Å². The molecule has 126 valence electrons. The Labute approximate surface area is 136 Å². The predicted octanol–water partition coefficient (Wildman–Crippen LogP) is 2.44. The van der Waals surface area contributed by atoms with E-state index in [9.17, 15) is 13.2 Å². The Balaban J connectivity index is 1.75. The summed E-state index contributed by atoms with van der Waals surface area (Å²) in [6.45, 7) is 0. The highest BCUT2D eigenvalue weighted by molar-refractivity contribution is 7.92. The van der Waals surface area contributed by atoms with Gasteiger partial charge in [0, 0.05) is 11.6 Å². The monoisotopic (exact) mass is 338 g/mol. The van der Waals surface area contributed by atoms with Gasteiger partial charge in [0.1, 0.15) is 5.75 Å². The molecule has 1 aromatic rings. The second-order valence-corrected chi connectivity index (χ2v) is 8.31. The minimum absolute atomic E-state index is 0.0349. The summed E-state index contributed by atoms with van der Waals surface area (Å²) in [6.07, 6.45) is 5.61. The fourth-order valence-electron chi connectivity index (χ4n) is 3.87. The highest BCUT2D eigenvalue weighted by Crippen LogP contribution is 2.48.